The van der Waals surface area contributed by atoms with Crippen LogP contribution in [0.2, 0.25) is 0 Å². The van der Waals surface area contributed by atoms with Crippen LogP contribution in [0.5, 0.6) is 11.5 Å². The van der Waals surface area contributed by atoms with E-state index < -0.39 is 5.41 Å². The van der Waals surface area contributed by atoms with E-state index in [4.69, 9.17) is 9.47 Å². The third-order valence-electron chi connectivity index (χ3n) is 3.28. The van der Waals surface area contributed by atoms with E-state index >= 15 is 0 Å². The van der Waals surface area contributed by atoms with Gasteiger partial charge in [0.05, 0.1) is 14.2 Å². The SMILES string of the molecule is COc1cccc(CNC(=O)CCNC(=O)C(C)(C)C)c1OC. The van der Waals surface area contributed by atoms with Gasteiger partial charge >= 0.3 is 0 Å². The van der Waals surface area contributed by atoms with Gasteiger partial charge in [-0.3, -0.25) is 9.59 Å². The molecule has 0 aliphatic carbocycles. The number of rotatable bonds is 7. The molecule has 0 aromatic heterocycles. The highest BCUT2D eigenvalue weighted by Crippen LogP contribution is 2.30. The molecule has 6 heteroatoms. The lowest BCUT2D eigenvalue weighted by Crippen LogP contribution is -2.37. The summed E-state index contributed by atoms with van der Waals surface area (Å²) in [5, 5.41) is 5.56. The molecule has 0 fully saturated rings. The fraction of sp³-hybridized carbons (Fsp3) is 0.529. The van der Waals surface area contributed by atoms with Gasteiger partial charge in [-0.2, -0.15) is 0 Å². The van der Waals surface area contributed by atoms with Gasteiger partial charge in [0.1, 0.15) is 0 Å². The van der Waals surface area contributed by atoms with Crippen molar-refractivity contribution in [1.82, 2.24) is 10.6 Å². The van der Waals surface area contributed by atoms with Gasteiger partial charge < -0.3 is 20.1 Å². The highest BCUT2D eigenvalue weighted by atomic mass is 16.5. The molecular weight excluding hydrogens is 296 g/mol. The van der Waals surface area contributed by atoms with Crippen LogP contribution in [0.25, 0.3) is 0 Å². The number of methoxy groups -OCH3 is 2. The van der Waals surface area contributed by atoms with Crippen LogP contribution in [-0.2, 0) is 16.1 Å². The first-order valence-electron chi connectivity index (χ1n) is 7.54. The van der Waals surface area contributed by atoms with Crippen molar-refractivity contribution < 1.29 is 19.1 Å². The minimum absolute atomic E-state index is 0.0697. The Hall–Kier alpha value is -2.24. The van der Waals surface area contributed by atoms with Crippen molar-refractivity contribution in [2.75, 3.05) is 20.8 Å². The normalized spacial score (nSPS) is 10.8. The third kappa shape index (κ3) is 5.81. The smallest absolute Gasteiger partial charge is 0.225 e. The first-order chi connectivity index (χ1) is 10.8. The van der Waals surface area contributed by atoms with E-state index in [1.807, 2.05) is 32.9 Å². The quantitative estimate of drug-likeness (QED) is 0.803. The van der Waals surface area contributed by atoms with E-state index in [9.17, 15) is 9.59 Å². The predicted molar refractivity (Wildman–Crippen MR) is 88.5 cm³/mol. The number of hydrogen-bond acceptors (Lipinski definition) is 4. The lowest BCUT2D eigenvalue weighted by Gasteiger charge is -2.17. The molecule has 0 aliphatic rings. The Morgan fingerprint density at radius 1 is 1.09 bits per heavy atom. The lowest BCUT2D eigenvalue weighted by molar-refractivity contribution is -0.128. The van der Waals surface area contributed by atoms with Gasteiger partial charge in [0, 0.05) is 30.5 Å². The van der Waals surface area contributed by atoms with Crippen molar-refractivity contribution in [3.8, 4) is 11.5 Å². The predicted octanol–water partition coefficient (Wildman–Crippen LogP) is 1.87. The second kappa shape index (κ2) is 8.41. The number of para-hydroxylation sites is 1. The summed E-state index contributed by atoms with van der Waals surface area (Å²) in [5.41, 5.74) is 0.378. The van der Waals surface area contributed by atoms with Crippen LogP contribution in [-0.4, -0.2) is 32.6 Å². The molecule has 0 heterocycles. The largest absolute Gasteiger partial charge is 0.493 e. The minimum Gasteiger partial charge on any atom is -0.493 e. The van der Waals surface area contributed by atoms with Gasteiger partial charge in [-0.25, -0.2) is 0 Å². The zero-order chi connectivity index (χ0) is 17.5. The Morgan fingerprint density at radius 3 is 2.35 bits per heavy atom. The second-order valence-corrected chi connectivity index (χ2v) is 6.19. The van der Waals surface area contributed by atoms with Crippen LogP contribution in [0.4, 0.5) is 0 Å². The Morgan fingerprint density at radius 2 is 1.78 bits per heavy atom. The molecule has 23 heavy (non-hydrogen) atoms. The minimum atomic E-state index is -0.454. The van der Waals surface area contributed by atoms with Gasteiger partial charge in [0.15, 0.2) is 11.5 Å². The Labute approximate surface area is 137 Å². The van der Waals surface area contributed by atoms with Gasteiger partial charge in [-0.15, -0.1) is 0 Å². The summed E-state index contributed by atoms with van der Waals surface area (Å²) in [7, 11) is 3.13. The fourth-order valence-corrected chi connectivity index (χ4v) is 1.93. The van der Waals surface area contributed by atoms with Crippen molar-refractivity contribution in [3.05, 3.63) is 23.8 Å². The summed E-state index contributed by atoms with van der Waals surface area (Å²) in [4.78, 5) is 23.6. The van der Waals surface area contributed by atoms with E-state index in [2.05, 4.69) is 10.6 Å². The van der Waals surface area contributed by atoms with Crippen molar-refractivity contribution in [3.63, 3.8) is 0 Å². The topological polar surface area (TPSA) is 76.7 Å². The van der Waals surface area contributed by atoms with E-state index in [0.717, 1.165) is 5.56 Å². The first-order valence-corrected chi connectivity index (χ1v) is 7.54. The number of benzene rings is 1. The summed E-state index contributed by atoms with van der Waals surface area (Å²) in [5.74, 6) is 1.02. The zero-order valence-corrected chi connectivity index (χ0v) is 14.5. The van der Waals surface area contributed by atoms with Crippen LogP contribution in [0.1, 0.15) is 32.8 Å². The highest BCUT2D eigenvalue weighted by Gasteiger charge is 2.20. The highest BCUT2D eigenvalue weighted by molar-refractivity contribution is 5.82. The summed E-state index contributed by atoms with van der Waals surface area (Å²) in [6, 6.07) is 5.50. The molecule has 1 aromatic carbocycles. The summed E-state index contributed by atoms with van der Waals surface area (Å²) >= 11 is 0. The molecule has 0 aliphatic heterocycles. The van der Waals surface area contributed by atoms with E-state index in [1.165, 1.54) is 0 Å². The number of carbonyl (C=O) groups is 2. The molecule has 0 saturated carbocycles. The van der Waals surface area contributed by atoms with Crippen molar-refractivity contribution in [1.29, 1.82) is 0 Å². The number of hydrogen-bond donors (Lipinski definition) is 2. The number of nitrogens with one attached hydrogen (secondary N) is 2. The van der Waals surface area contributed by atoms with Crippen molar-refractivity contribution in [2.45, 2.75) is 33.7 Å². The molecule has 1 rings (SSSR count). The maximum Gasteiger partial charge on any atom is 0.225 e. The first kappa shape index (κ1) is 18.8. The molecule has 0 bridgehead atoms. The fourth-order valence-electron chi connectivity index (χ4n) is 1.93. The lowest BCUT2D eigenvalue weighted by atomic mass is 9.96. The standard InChI is InChI=1S/C17H26N2O4/c1-17(2,3)16(21)18-10-9-14(20)19-11-12-7-6-8-13(22-4)15(12)23-5/h6-8H,9-11H2,1-5H3,(H,18,21)(H,19,20). The molecule has 2 amide bonds. The van der Waals surface area contributed by atoms with Gasteiger partial charge in [0.25, 0.3) is 0 Å². The molecule has 6 nitrogen and oxygen atoms in total. The zero-order valence-electron chi connectivity index (χ0n) is 14.5. The van der Waals surface area contributed by atoms with Crippen LogP contribution in [0.15, 0.2) is 18.2 Å². The summed E-state index contributed by atoms with van der Waals surface area (Å²) < 4.78 is 10.5. The molecule has 128 valence electrons. The van der Waals surface area contributed by atoms with Crippen LogP contribution in [0.3, 0.4) is 0 Å². The van der Waals surface area contributed by atoms with Gasteiger partial charge in [-0.1, -0.05) is 32.9 Å². The molecule has 2 N–H and O–H groups in total. The number of ether oxygens (including phenoxy) is 2. The van der Waals surface area contributed by atoms with Gasteiger partial charge in [0.2, 0.25) is 11.8 Å². The average Bonchev–Trinajstić information content (AvgIpc) is 2.51. The maximum absolute atomic E-state index is 11.9. The Balaban J connectivity index is 2.47. The van der Waals surface area contributed by atoms with Crippen LogP contribution < -0.4 is 20.1 Å². The monoisotopic (exact) mass is 322 g/mol. The third-order valence-corrected chi connectivity index (χ3v) is 3.28. The van der Waals surface area contributed by atoms with Crippen LogP contribution >= 0.6 is 0 Å². The number of carbonyl (C=O) groups excluding carboxylic acids is 2. The summed E-state index contributed by atoms with van der Waals surface area (Å²) in [6.07, 6.45) is 0.230. The Bertz CT molecular complexity index is 550. The molecular formula is C17H26N2O4. The van der Waals surface area contributed by atoms with Crippen molar-refractivity contribution in [2.24, 2.45) is 5.41 Å². The molecule has 0 unspecified atom stereocenters. The molecule has 0 spiro atoms. The van der Waals surface area contributed by atoms with E-state index in [-0.39, 0.29) is 18.2 Å². The van der Waals surface area contributed by atoms with E-state index in [1.54, 1.807) is 20.3 Å². The average molecular weight is 322 g/mol. The van der Waals surface area contributed by atoms with Crippen LogP contribution in [0, 0.1) is 5.41 Å². The molecule has 1 aromatic rings. The Kier molecular flexibility index (Phi) is 6.88. The molecule has 0 atom stereocenters. The summed E-state index contributed by atoms with van der Waals surface area (Å²) in [6.45, 7) is 6.15. The molecule has 0 radical (unpaired) electrons. The number of amides is 2. The van der Waals surface area contributed by atoms with Gasteiger partial charge in [-0.05, 0) is 6.07 Å². The van der Waals surface area contributed by atoms with Crippen molar-refractivity contribution >= 4 is 11.8 Å². The van der Waals surface area contributed by atoms with E-state index in [0.29, 0.717) is 24.6 Å². The second-order valence-electron chi connectivity index (χ2n) is 6.19. The molecule has 0 saturated heterocycles. The maximum atomic E-state index is 11.9.